The number of unbranched alkanes of at least 4 members (excludes halogenated alkanes) is 2. The topological polar surface area (TPSA) is 143 Å². The molecular weight excluding hydrogens is 354 g/mol. The van der Waals surface area contributed by atoms with Crippen molar-refractivity contribution in [2.24, 2.45) is 0 Å². The van der Waals surface area contributed by atoms with E-state index in [4.69, 9.17) is 9.84 Å². The molecular formula is C18H29N3O6. The summed E-state index contributed by atoms with van der Waals surface area (Å²) in [5, 5.41) is 47.7. The third-order valence-electron chi connectivity index (χ3n) is 4.55. The Morgan fingerprint density at radius 1 is 1.15 bits per heavy atom. The molecule has 0 radical (unpaired) electrons. The average Bonchev–Trinajstić information content (AvgIpc) is 2.64. The second-order valence-corrected chi connectivity index (χ2v) is 6.57. The number of rotatable bonds is 9. The number of amides is 1. The van der Waals surface area contributed by atoms with E-state index in [9.17, 15) is 20.1 Å². The molecule has 1 aliphatic heterocycles. The second kappa shape index (κ2) is 10.4. The van der Waals surface area contributed by atoms with Crippen LogP contribution in [0.25, 0.3) is 0 Å². The van der Waals surface area contributed by atoms with E-state index >= 15 is 0 Å². The molecule has 0 aromatic heterocycles. The number of anilines is 2. The zero-order chi connectivity index (χ0) is 19.8. The minimum atomic E-state index is -1.23. The van der Waals surface area contributed by atoms with Crippen molar-refractivity contribution in [1.82, 2.24) is 5.32 Å². The van der Waals surface area contributed by atoms with E-state index in [0.29, 0.717) is 17.9 Å². The number of carbonyl (C=O) groups is 1. The maximum atomic E-state index is 11.0. The van der Waals surface area contributed by atoms with Gasteiger partial charge in [-0.25, -0.2) is 4.79 Å². The summed E-state index contributed by atoms with van der Waals surface area (Å²) in [6.45, 7) is 2.27. The van der Waals surface area contributed by atoms with Crippen LogP contribution in [0.5, 0.6) is 0 Å². The smallest absolute Gasteiger partial charge is 0.409 e. The zero-order valence-electron chi connectivity index (χ0n) is 15.3. The highest BCUT2D eigenvalue weighted by Crippen LogP contribution is 2.27. The van der Waals surface area contributed by atoms with Gasteiger partial charge in [-0.1, -0.05) is 31.9 Å². The van der Waals surface area contributed by atoms with Crippen LogP contribution in [0, 0.1) is 0 Å². The number of nitrogens with one attached hydrogen (secondary N) is 3. The Kier molecular flexibility index (Phi) is 8.26. The van der Waals surface area contributed by atoms with E-state index in [-0.39, 0.29) is 0 Å². The summed E-state index contributed by atoms with van der Waals surface area (Å²) >= 11 is 0. The van der Waals surface area contributed by atoms with Gasteiger partial charge in [-0.15, -0.1) is 0 Å². The maximum absolute atomic E-state index is 11.0. The third-order valence-corrected chi connectivity index (χ3v) is 4.55. The lowest BCUT2D eigenvalue weighted by Crippen LogP contribution is -2.65. The number of ether oxygens (including phenoxy) is 1. The van der Waals surface area contributed by atoms with Gasteiger partial charge in [-0.05, 0) is 25.1 Å². The number of hydrogen-bond acceptors (Lipinski definition) is 7. The number of benzene rings is 1. The van der Waals surface area contributed by atoms with Crippen LogP contribution in [0.2, 0.25) is 0 Å². The molecule has 1 aromatic carbocycles. The van der Waals surface area contributed by atoms with Gasteiger partial charge in [-0.2, -0.15) is 0 Å². The predicted octanol–water partition coefficient (Wildman–Crippen LogP) is 0.776. The van der Waals surface area contributed by atoms with Gasteiger partial charge in [0.2, 0.25) is 0 Å². The minimum Gasteiger partial charge on any atom is -0.465 e. The van der Waals surface area contributed by atoms with Crippen molar-refractivity contribution in [3.63, 3.8) is 0 Å². The van der Waals surface area contributed by atoms with Gasteiger partial charge in [0.25, 0.3) is 0 Å². The highest BCUT2D eigenvalue weighted by molar-refractivity contribution is 5.88. The fourth-order valence-corrected chi connectivity index (χ4v) is 3.10. The largest absolute Gasteiger partial charge is 0.465 e. The first-order valence-corrected chi connectivity index (χ1v) is 9.19. The second-order valence-electron chi connectivity index (χ2n) is 6.57. The fourth-order valence-electron chi connectivity index (χ4n) is 3.10. The van der Waals surface area contributed by atoms with Crippen LogP contribution in [0.15, 0.2) is 24.3 Å². The molecule has 2 rings (SSSR count). The lowest BCUT2D eigenvalue weighted by atomic mass is 9.95. The van der Waals surface area contributed by atoms with E-state index in [1.54, 1.807) is 24.3 Å². The molecule has 1 aliphatic rings. The molecule has 0 aliphatic carbocycles. The minimum absolute atomic E-state index is 0.333. The standard InChI is InChI=1S/C18H29N3O6/c1-2-3-6-9-19-14-16(24)15(23)13(10-22)27-17(14)20-11-7-4-5-8-12(11)21-18(25)26/h4-5,7-8,13-17,19-24H,2-3,6,9-10H2,1H3,(H,25,26)/t13-,14-,15-,16-,17?/m1/s1. The Morgan fingerprint density at radius 2 is 1.85 bits per heavy atom. The molecule has 1 heterocycles. The zero-order valence-corrected chi connectivity index (χ0v) is 15.3. The molecule has 152 valence electrons. The quantitative estimate of drug-likeness (QED) is 0.310. The summed E-state index contributed by atoms with van der Waals surface area (Å²) < 4.78 is 5.74. The van der Waals surface area contributed by atoms with Crippen LogP contribution >= 0.6 is 0 Å². The first-order chi connectivity index (χ1) is 13.0. The van der Waals surface area contributed by atoms with E-state index in [2.05, 4.69) is 22.9 Å². The summed E-state index contributed by atoms with van der Waals surface area (Å²) in [5.41, 5.74) is 0.796. The Bertz CT molecular complexity index is 602. The Labute approximate surface area is 158 Å². The Hall–Kier alpha value is -1.91. The summed E-state index contributed by atoms with van der Waals surface area (Å²) in [4.78, 5) is 11.0. The van der Waals surface area contributed by atoms with Crippen molar-refractivity contribution >= 4 is 17.5 Å². The monoisotopic (exact) mass is 383 g/mol. The molecule has 5 atom stereocenters. The molecule has 9 heteroatoms. The molecule has 7 N–H and O–H groups in total. The van der Waals surface area contributed by atoms with Crippen molar-refractivity contribution in [3.05, 3.63) is 24.3 Å². The number of aliphatic hydroxyl groups is 3. The molecule has 0 saturated carbocycles. The Morgan fingerprint density at radius 3 is 2.48 bits per heavy atom. The molecule has 9 nitrogen and oxygen atoms in total. The van der Waals surface area contributed by atoms with Crippen molar-refractivity contribution in [1.29, 1.82) is 0 Å². The molecule has 1 aromatic rings. The van der Waals surface area contributed by atoms with Crippen molar-refractivity contribution in [2.75, 3.05) is 23.8 Å². The predicted molar refractivity (Wildman–Crippen MR) is 101 cm³/mol. The molecule has 1 unspecified atom stereocenters. The molecule has 1 saturated heterocycles. The number of hydrogen-bond donors (Lipinski definition) is 7. The van der Waals surface area contributed by atoms with E-state index in [0.717, 1.165) is 19.3 Å². The lowest BCUT2D eigenvalue weighted by molar-refractivity contribution is -0.187. The van der Waals surface area contributed by atoms with Crippen LogP contribution in [0.1, 0.15) is 26.2 Å². The number of aliphatic hydroxyl groups excluding tert-OH is 3. The Balaban J connectivity index is 2.17. The van der Waals surface area contributed by atoms with Crippen LogP contribution in [-0.2, 0) is 4.74 Å². The normalized spacial score (nSPS) is 27.9. The van der Waals surface area contributed by atoms with Gasteiger partial charge in [0.1, 0.15) is 24.5 Å². The molecule has 1 fully saturated rings. The summed E-state index contributed by atoms with van der Waals surface area (Å²) in [7, 11) is 0. The van der Waals surface area contributed by atoms with Gasteiger partial charge in [0, 0.05) is 0 Å². The van der Waals surface area contributed by atoms with Crippen molar-refractivity contribution < 1.29 is 30.0 Å². The van der Waals surface area contributed by atoms with Gasteiger partial charge in [0.15, 0.2) is 0 Å². The molecule has 0 bridgehead atoms. The SMILES string of the molecule is CCCCCN[C@H]1C(Nc2ccccc2NC(=O)O)O[C@H](CO)[C@@H](O)[C@@H]1O. The van der Waals surface area contributed by atoms with Gasteiger partial charge < -0.3 is 35.8 Å². The molecule has 0 spiro atoms. The van der Waals surface area contributed by atoms with E-state index < -0.39 is 43.3 Å². The van der Waals surface area contributed by atoms with Crippen molar-refractivity contribution in [2.45, 2.75) is 56.8 Å². The maximum Gasteiger partial charge on any atom is 0.409 e. The number of carboxylic acid groups (broad SMARTS) is 1. The van der Waals surface area contributed by atoms with Crippen LogP contribution in [-0.4, -0.2) is 70.3 Å². The van der Waals surface area contributed by atoms with Crippen molar-refractivity contribution in [3.8, 4) is 0 Å². The molecule has 27 heavy (non-hydrogen) atoms. The van der Waals surface area contributed by atoms with Crippen LogP contribution in [0.3, 0.4) is 0 Å². The van der Waals surface area contributed by atoms with Crippen LogP contribution < -0.4 is 16.0 Å². The van der Waals surface area contributed by atoms with Crippen LogP contribution in [0.4, 0.5) is 16.2 Å². The fraction of sp³-hybridized carbons (Fsp3) is 0.611. The van der Waals surface area contributed by atoms with Gasteiger partial charge >= 0.3 is 6.09 Å². The van der Waals surface area contributed by atoms with Gasteiger partial charge in [-0.3, -0.25) is 5.32 Å². The first-order valence-electron chi connectivity index (χ1n) is 9.19. The highest BCUT2D eigenvalue weighted by atomic mass is 16.5. The first kappa shape index (κ1) is 21.4. The number of para-hydroxylation sites is 2. The lowest BCUT2D eigenvalue weighted by Gasteiger charge is -2.43. The summed E-state index contributed by atoms with van der Waals surface area (Å²) in [6.07, 6.45) is -2.34. The van der Waals surface area contributed by atoms with Gasteiger partial charge in [0.05, 0.1) is 24.0 Å². The van der Waals surface area contributed by atoms with E-state index in [1.165, 1.54) is 0 Å². The molecule has 1 amide bonds. The highest BCUT2D eigenvalue weighted by Gasteiger charge is 2.44. The summed E-state index contributed by atoms with van der Waals surface area (Å²) in [6, 6.07) is 6.05. The third kappa shape index (κ3) is 5.78. The summed E-state index contributed by atoms with van der Waals surface area (Å²) in [5.74, 6) is 0. The van der Waals surface area contributed by atoms with E-state index in [1.807, 2.05) is 0 Å². The average molecular weight is 383 g/mol.